The molecular formula is C9H11N5O. The fourth-order valence-corrected chi connectivity index (χ4v) is 0.906. The van der Waals surface area contributed by atoms with E-state index in [1.54, 1.807) is 0 Å². The fourth-order valence-electron chi connectivity index (χ4n) is 0.906. The van der Waals surface area contributed by atoms with Crippen molar-refractivity contribution in [1.82, 2.24) is 15.3 Å². The van der Waals surface area contributed by atoms with Gasteiger partial charge in [-0.25, -0.2) is 9.97 Å². The SMILES string of the molecule is CC(=O)NCCNc1cnc(C#N)cn1. The second-order valence-corrected chi connectivity index (χ2v) is 2.81. The van der Waals surface area contributed by atoms with Crippen molar-refractivity contribution in [3.8, 4) is 6.07 Å². The predicted molar refractivity (Wildman–Crippen MR) is 53.9 cm³/mol. The first kappa shape index (κ1) is 10.9. The van der Waals surface area contributed by atoms with Gasteiger partial charge < -0.3 is 10.6 Å². The summed E-state index contributed by atoms with van der Waals surface area (Å²) in [6.07, 6.45) is 2.87. The Labute approximate surface area is 87.3 Å². The zero-order chi connectivity index (χ0) is 11.1. The van der Waals surface area contributed by atoms with Gasteiger partial charge in [0.15, 0.2) is 5.69 Å². The molecule has 0 aromatic carbocycles. The van der Waals surface area contributed by atoms with E-state index in [1.165, 1.54) is 19.3 Å². The number of nitriles is 1. The van der Waals surface area contributed by atoms with E-state index in [-0.39, 0.29) is 11.6 Å². The number of amides is 1. The van der Waals surface area contributed by atoms with Gasteiger partial charge in [-0.15, -0.1) is 0 Å². The molecule has 1 amide bonds. The molecule has 0 atom stereocenters. The Hall–Kier alpha value is -2.16. The van der Waals surface area contributed by atoms with Crippen LogP contribution in [0.25, 0.3) is 0 Å². The molecule has 1 heterocycles. The molecule has 1 aromatic heterocycles. The van der Waals surface area contributed by atoms with Gasteiger partial charge in [0.25, 0.3) is 0 Å². The maximum atomic E-state index is 10.5. The van der Waals surface area contributed by atoms with Gasteiger partial charge in [0.1, 0.15) is 11.9 Å². The fraction of sp³-hybridized carbons (Fsp3) is 0.333. The summed E-state index contributed by atoms with van der Waals surface area (Å²) in [6.45, 7) is 2.55. The third kappa shape index (κ3) is 4.04. The number of carbonyl (C=O) groups excluding carboxylic acids is 1. The molecule has 6 heteroatoms. The normalized spacial score (nSPS) is 9.07. The van der Waals surface area contributed by atoms with Crippen LogP contribution in [0.2, 0.25) is 0 Å². The third-order valence-electron chi connectivity index (χ3n) is 1.57. The molecule has 6 nitrogen and oxygen atoms in total. The number of hydrogen-bond acceptors (Lipinski definition) is 5. The number of carbonyl (C=O) groups is 1. The average molecular weight is 205 g/mol. The predicted octanol–water partition coefficient (Wildman–Crippen LogP) is -0.104. The molecule has 78 valence electrons. The van der Waals surface area contributed by atoms with Gasteiger partial charge in [-0.3, -0.25) is 4.79 Å². The highest BCUT2D eigenvalue weighted by Crippen LogP contribution is 1.98. The molecule has 15 heavy (non-hydrogen) atoms. The minimum Gasteiger partial charge on any atom is -0.367 e. The van der Waals surface area contributed by atoms with Crippen LogP contribution in [0.1, 0.15) is 12.6 Å². The highest BCUT2D eigenvalue weighted by molar-refractivity contribution is 5.72. The lowest BCUT2D eigenvalue weighted by molar-refractivity contribution is -0.118. The number of rotatable bonds is 4. The van der Waals surface area contributed by atoms with E-state index in [0.29, 0.717) is 18.9 Å². The molecule has 0 saturated carbocycles. The van der Waals surface area contributed by atoms with Crippen LogP contribution in [0.15, 0.2) is 12.4 Å². The van der Waals surface area contributed by atoms with Crippen LogP contribution >= 0.6 is 0 Å². The Bertz CT molecular complexity index is 367. The molecule has 0 bridgehead atoms. The van der Waals surface area contributed by atoms with Crippen LogP contribution in [0.5, 0.6) is 0 Å². The lowest BCUT2D eigenvalue weighted by Gasteiger charge is -2.04. The Kier molecular flexibility index (Phi) is 4.04. The smallest absolute Gasteiger partial charge is 0.216 e. The highest BCUT2D eigenvalue weighted by atomic mass is 16.1. The minimum atomic E-state index is -0.0669. The van der Waals surface area contributed by atoms with Gasteiger partial charge in [0.05, 0.1) is 12.4 Å². The zero-order valence-electron chi connectivity index (χ0n) is 8.32. The van der Waals surface area contributed by atoms with E-state index in [9.17, 15) is 4.79 Å². The Morgan fingerprint density at radius 3 is 2.80 bits per heavy atom. The quantitative estimate of drug-likeness (QED) is 0.669. The topological polar surface area (TPSA) is 90.7 Å². The van der Waals surface area contributed by atoms with Gasteiger partial charge in [-0.05, 0) is 0 Å². The molecule has 0 radical (unpaired) electrons. The van der Waals surface area contributed by atoms with Gasteiger partial charge in [0, 0.05) is 20.0 Å². The van der Waals surface area contributed by atoms with E-state index in [1.807, 2.05) is 6.07 Å². The monoisotopic (exact) mass is 205 g/mol. The van der Waals surface area contributed by atoms with Crippen molar-refractivity contribution in [1.29, 1.82) is 5.26 Å². The van der Waals surface area contributed by atoms with Gasteiger partial charge in [0.2, 0.25) is 5.91 Å². The molecule has 0 aliphatic rings. The molecule has 1 aromatic rings. The molecule has 0 fully saturated rings. The van der Waals surface area contributed by atoms with Crippen LogP contribution in [0.3, 0.4) is 0 Å². The van der Waals surface area contributed by atoms with Crippen molar-refractivity contribution in [3.63, 3.8) is 0 Å². The molecule has 0 aliphatic carbocycles. The van der Waals surface area contributed by atoms with Crippen molar-refractivity contribution < 1.29 is 4.79 Å². The summed E-state index contributed by atoms with van der Waals surface area (Å²) in [5, 5.41) is 14.1. The van der Waals surface area contributed by atoms with E-state index in [2.05, 4.69) is 20.6 Å². The van der Waals surface area contributed by atoms with Crippen molar-refractivity contribution in [2.75, 3.05) is 18.4 Å². The van der Waals surface area contributed by atoms with Gasteiger partial charge >= 0.3 is 0 Å². The number of anilines is 1. The molecule has 0 saturated heterocycles. The minimum absolute atomic E-state index is 0.0669. The van der Waals surface area contributed by atoms with E-state index in [4.69, 9.17) is 5.26 Å². The Morgan fingerprint density at radius 1 is 1.47 bits per heavy atom. The molecular weight excluding hydrogens is 194 g/mol. The summed E-state index contributed by atoms with van der Waals surface area (Å²) in [5.74, 6) is 0.516. The standard InChI is InChI=1S/C9H11N5O/c1-7(15)11-2-3-12-9-6-13-8(4-10)5-14-9/h5-6H,2-3H2,1H3,(H,11,15)(H,12,14). The van der Waals surface area contributed by atoms with E-state index in [0.717, 1.165) is 0 Å². The maximum Gasteiger partial charge on any atom is 0.216 e. The highest BCUT2D eigenvalue weighted by Gasteiger charge is 1.95. The number of nitrogens with zero attached hydrogens (tertiary/aromatic N) is 3. The number of hydrogen-bond donors (Lipinski definition) is 2. The molecule has 0 unspecified atom stereocenters. The van der Waals surface area contributed by atoms with Crippen LogP contribution in [-0.2, 0) is 4.79 Å². The lowest BCUT2D eigenvalue weighted by atomic mass is 10.5. The second-order valence-electron chi connectivity index (χ2n) is 2.81. The average Bonchev–Trinajstić information content (AvgIpc) is 2.25. The molecule has 1 rings (SSSR count). The van der Waals surface area contributed by atoms with Crippen molar-refractivity contribution in [2.45, 2.75) is 6.92 Å². The summed E-state index contributed by atoms with van der Waals surface area (Å²) in [6, 6.07) is 1.88. The van der Waals surface area contributed by atoms with Crippen molar-refractivity contribution in [2.24, 2.45) is 0 Å². The van der Waals surface area contributed by atoms with Gasteiger partial charge in [-0.2, -0.15) is 5.26 Å². The summed E-state index contributed by atoms with van der Waals surface area (Å²) >= 11 is 0. The van der Waals surface area contributed by atoms with Crippen LogP contribution in [-0.4, -0.2) is 29.0 Å². The van der Waals surface area contributed by atoms with Crippen LogP contribution < -0.4 is 10.6 Å². The summed E-state index contributed by atoms with van der Waals surface area (Å²) in [5.41, 5.74) is 0.280. The van der Waals surface area contributed by atoms with E-state index >= 15 is 0 Å². The van der Waals surface area contributed by atoms with E-state index < -0.39 is 0 Å². The Morgan fingerprint density at radius 2 is 2.27 bits per heavy atom. The molecule has 0 spiro atoms. The lowest BCUT2D eigenvalue weighted by Crippen LogP contribution is -2.26. The first-order chi connectivity index (χ1) is 7.22. The maximum absolute atomic E-state index is 10.5. The van der Waals surface area contributed by atoms with Crippen molar-refractivity contribution >= 4 is 11.7 Å². The summed E-state index contributed by atoms with van der Waals surface area (Å²) in [4.78, 5) is 18.3. The molecule has 2 N–H and O–H groups in total. The van der Waals surface area contributed by atoms with Crippen LogP contribution in [0.4, 0.5) is 5.82 Å². The number of nitrogens with one attached hydrogen (secondary N) is 2. The summed E-state index contributed by atoms with van der Waals surface area (Å²) < 4.78 is 0. The molecule has 0 aliphatic heterocycles. The first-order valence-electron chi connectivity index (χ1n) is 4.43. The first-order valence-corrected chi connectivity index (χ1v) is 4.43. The third-order valence-corrected chi connectivity index (χ3v) is 1.57. The zero-order valence-corrected chi connectivity index (χ0v) is 8.32. The summed E-state index contributed by atoms with van der Waals surface area (Å²) in [7, 11) is 0. The second kappa shape index (κ2) is 5.54. The Balaban J connectivity index is 2.32. The van der Waals surface area contributed by atoms with Gasteiger partial charge in [-0.1, -0.05) is 0 Å². The number of aromatic nitrogens is 2. The largest absolute Gasteiger partial charge is 0.367 e. The van der Waals surface area contributed by atoms with Crippen molar-refractivity contribution in [3.05, 3.63) is 18.1 Å². The van der Waals surface area contributed by atoms with Crippen LogP contribution in [0, 0.1) is 11.3 Å².